The topological polar surface area (TPSA) is 32.7 Å². The lowest BCUT2D eigenvalue weighted by Crippen LogP contribution is -2.30. The number of halogens is 1. The molecule has 24 heavy (non-hydrogen) atoms. The summed E-state index contributed by atoms with van der Waals surface area (Å²) in [6, 6.07) is 15.7. The summed E-state index contributed by atoms with van der Waals surface area (Å²) < 4.78 is 0.742. The molecular weight excluding hydrogens is 384 g/mol. The lowest BCUT2D eigenvalue weighted by molar-refractivity contribution is -0.109. The molecule has 0 amide bonds. The van der Waals surface area contributed by atoms with Crippen LogP contribution in [0.1, 0.15) is 17.2 Å². The van der Waals surface area contributed by atoms with Crippen molar-refractivity contribution in [2.45, 2.75) is 10.9 Å². The lowest BCUT2D eigenvalue weighted by atomic mass is 9.99. The van der Waals surface area contributed by atoms with E-state index >= 15 is 0 Å². The highest BCUT2D eigenvalue weighted by Gasteiger charge is 2.28. The molecule has 0 N–H and O–H groups in total. The summed E-state index contributed by atoms with van der Waals surface area (Å²) in [5.74, 6) is 0. The number of nitrogens with zero attached hydrogens (tertiary/aromatic N) is 2. The third kappa shape index (κ3) is 2.64. The molecule has 0 bridgehead atoms. The standard InChI is InChI=1S/C19H15BrN2OS/c20-19-17-6-2-1-5-16(17)18(13-23)22(21-19)14-7-9-15(10-8-14)24-11-3-4-12-24/h1-13,18,24H. The van der Waals surface area contributed by atoms with Crippen LogP contribution in [-0.4, -0.2) is 10.9 Å². The van der Waals surface area contributed by atoms with Gasteiger partial charge in [0.05, 0.1) is 5.69 Å². The molecule has 2 aromatic carbocycles. The number of fused-ring (bicyclic) bond motifs is 1. The fourth-order valence-corrected chi connectivity index (χ4v) is 4.96. The molecule has 4 rings (SSSR count). The Hall–Kier alpha value is -2.11. The van der Waals surface area contributed by atoms with Crippen molar-refractivity contribution in [1.29, 1.82) is 0 Å². The fourth-order valence-electron chi connectivity index (χ4n) is 2.92. The van der Waals surface area contributed by atoms with Crippen molar-refractivity contribution in [2.75, 3.05) is 5.01 Å². The smallest absolute Gasteiger partial charge is 0.149 e. The first kappa shape index (κ1) is 15.4. The lowest BCUT2D eigenvalue weighted by Gasteiger charge is -2.31. The normalized spacial score (nSPS) is 20.0. The number of allylic oxidation sites excluding steroid dienone is 2. The van der Waals surface area contributed by atoms with Crippen LogP contribution in [0.4, 0.5) is 5.69 Å². The number of hydrazone groups is 1. The van der Waals surface area contributed by atoms with Crippen molar-refractivity contribution >= 4 is 43.4 Å². The molecule has 0 saturated carbocycles. The Kier molecular flexibility index (Phi) is 4.12. The van der Waals surface area contributed by atoms with Crippen LogP contribution in [0.2, 0.25) is 0 Å². The first-order valence-corrected chi connectivity index (χ1v) is 9.86. The minimum atomic E-state index is -0.412. The summed E-state index contributed by atoms with van der Waals surface area (Å²) in [7, 11) is -0.330. The van der Waals surface area contributed by atoms with E-state index in [1.165, 1.54) is 4.90 Å². The van der Waals surface area contributed by atoms with Gasteiger partial charge in [-0.15, -0.1) is 0 Å². The second-order valence-corrected chi connectivity index (χ2v) is 8.19. The number of anilines is 1. The Labute approximate surface area is 151 Å². The summed E-state index contributed by atoms with van der Waals surface area (Å²) in [5, 5.41) is 10.8. The summed E-state index contributed by atoms with van der Waals surface area (Å²) >= 11 is 3.53. The predicted molar refractivity (Wildman–Crippen MR) is 105 cm³/mol. The second kappa shape index (κ2) is 6.42. The van der Waals surface area contributed by atoms with Crippen molar-refractivity contribution in [1.82, 2.24) is 0 Å². The quantitative estimate of drug-likeness (QED) is 0.588. The van der Waals surface area contributed by atoms with Gasteiger partial charge in [0, 0.05) is 5.56 Å². The Balaban J connectivity index is 1.71. The van der Waals surface area contributed by atoms with E-state index < -0.39 is 6.04 Å². The van der Waals surface area contributed by atoms with Crippen LogP contribution < -0.4 is 5.01 Å². The van der Waals surface area contributed by atoms with Gasteiger partial charge in [0.2, 0.25) is 0 Å². The molecular formula is C19H15BrN2OS. The summed E-state index contributed by atoms with van der Waals surface area (Å²) in [6.45, 7) is 0. The molecule has 0 aromatic heterocycles. The highest BCUT2D eigenvalue weighted by Crippen LogP contribution is 2.43. The number of hydrogen-bond acceptors (Lipinski definition) is 3. The van der Waals surface area contributed by atoms with E-state index in [1.807, 2.05) is 36.4 Å². The van der Waals surface area contributed by atoms with E-state index in [0.29, 0.717) is 0 Å². The molecule has 1 atom stereocenters. The highest BCUT2D eigenvalue weighted by atomic mass is 79.9. The maximum absolute atomic E-state index is 11.7. The van der Waals surface area contributed by atoms with E-state index in [2.05, 4.69) is 56.1 Å². The van der Waals surface area contributed by atoms with E-state index in [4.69, 9.17) is 0 Å². The van der Waals surface area contributed by atoms with Gasteiger partial charge in [-0.1, -0.05) is 36.4 Å². The number of rotatable bonds is 3. The van der Waals surface area contributed by atoms with Gasteiger partial charge in [0.1, 0.15) is 16.9 Å². The average Bonchev–Trinajstić information content (AvgIpc) is 3.16. The molecule has 0 spiro atoms. The third-order valence-electron chi connectivity index (χ3n) is 4.11. The van der Waals surface area contributed by atoms with Crippen molar-refractivity contribution in [2.24, 2.45) is 5.10 Å². The van der Waals surface area contributed by atoms with Crippen LogP contribution in [0, 0.1) is 0 Å². The number of carbonyl (C=O) groups excluding carboxylic acids is 1. The molecule has 2 heterocycles. The van der Waals surface area contributed by atoms with E-state index in [-0.39, 0.29) is 10.9 Å². The van der Waals surface area contributed by atoms with Crippen molar-refractivity contribution in [3.8, 4) is 0 Å². The molecule has 0 radical (unpaired) electrons. The fraction of sp³-hybridized carbons (Fsp3) is 0.0526. The van der Waals surface area contributed by atoms with E-state index in [1.54, 1.807) is 5.01 Å². The zero-order valence-electron chi connectivity index (χ0n) is 12.7. The maximum atomic E-state index is 11.7. The Morgan fingerprint density at radius 3 is 2.46 bits per heavy atom. The molecule has 5 heteroatoms. The molecule has 3 nitrogen and oxygen atoms in total. The number of thiol groups is 1. The molecule has 0 fully saturated rings. The van der Waals surface area contributed by atoms with E-state index in [0.717, 1.165) is 27.7 Å². The minimum absolute atomic E-state index is 0.330. The van der Waals surface area contributed by atoms with Gasteiger partial charge in [0.25, 0.3) is 0 Å². The molecule has 2 aliphatic heterocycles. The number of benzene rings is 2. The summed E-state index contributed by atoms with van der Waals surface area (Å²) in [4.78, 5) is 13.0. The van der Waals surface area contributed by atoms with Crippen LogP contribution in [0.5, 0.6) is 0 Å². The number of hydrogen-bond donors (Lipinski definition) is 1. The monoisotopic (exact) mass is 398 g/mol. The van der Waals surface area contributed by atoms with Gasteiger partial charge in [-0.3, -0.25) is 0 Å². The second-order valence-electron chi connectivity index (χ2n) is 5.51. The number of carbonyl (C=O) groups is 1. The van der Waals surface area contributed by atoms with Gasteiger partial charge in [-0.2, -0.15) is 16.0 Å². The largest absolute Gasteiger partial charge is 0.301 e. The first-order chi connectivity index (χ1) is 11.8. The Bertz CT molecular complexity index is 861. The van der Waals surface area contributed by atoms with Gasteiger partial charge in [0.15, 0.2) is 0 Å². The maximum Gasteiger partial charge on any atom is 0.149 e. The van der Waals surface area contributed by atoms with Crippen LogP contribution >= 0.6 is 26.8 Å². The average molecular weight is 399 g/mol. The van der Waals surface area contributed by atoms with Gasteiger partial charge < -0.3 is 4.79 Å². The van der Waals surface area contributed by atoms with Crippen molar-refractivity contribution in [3.05, 3.63) is 82.6 Å². The third-order valence-corrected chi connectivity index (χ3v) is 6.57. The summed E-state index contributed by atoms with van der Waals surface area (Å²) in [5.41, 5.74) is 2.83. The molecule has 0 aliphatic carbocycles. The molecule has 120 valence electrons. The van der Waals surface area contributed by atoms with Crippen LogP contribution in [0.25, 0.3) is 0 Å². The molecule has 0 saturated heterocycles. The van der Waals surface area contributed by atoms with Crippen LogP contribution in [-0.2, 0) is 4.79 Å². The van der Waals surface area contributed by atoms with E-state index in [9.17, 15) is 4.79 Å². The zero-order chi connectivity index (χ0) is 16.5. The van der Waals surface area contributed by atoms with Crippen LogP contribution in [0.3, 0.4) is 0 Å². The molecule has 2 aliphatic rings. The predicted octanol–water partition coefficient (Wildman–Crippen LogP) is 4.90. The molecule has 2 aromatic rings. The zero-order valence-corrected chi connectivity index (χ0v) is 15.2. The summed E-state index contributed by atoms with van der Waals surface area (Å²) in [6.07, 6.45) is 5.12. The Morgan fingerprint density at radius 2 is 1.75 bits per heavy atom. The number of aldehydes is 1. The minimum Gasteiger partial charge on any atom is -0.301 e. The Morgan fingerprint density at radius 1 is 1.04 bits per heavy atom. The highest BCUT2D eigenvalue weighted by molar-refractivity contribution is 9.18. The molecule has 1 unspecified atom stereocenters. The van der Waals surface area contributed by atoms with Gasteiger partial charge in [-0.05, 0) is 61.5 Å². The SMILES string of the molecule is O=CC1c2ccccc2C(Br)=NN1c1ccc([SH]2C=CC=C2)cc1. The first-order valence-electron chi connectivity index (χ1n) is 7.59. The van der Waals surface area contributed by atoms with Crippen molar-refractivity contribution in [3.63, 3.8) is 0 Å². The van der Waals surface area contributed by atoms with Gasteiger partial charge >= 0.3 is 0 Å². The van der Waals surface area contributed by atoms with Crippen molar-refractivity contribution < 1.29 is 4.79 Å². The van der Waals surface area contributed by atoms with Crippen LogP contribution in [0.15, 0.2) is 81.5 Å². The van der Waals surface area contributed by atoms with Gasteiger partial charge in [-0.25, -0.2) is 5.01 Å².